The number of rotatable bonds is 2. The maximum Gasteiger partial charge on any atom is 0.310 e. The van der Waals surface area contributed by atoms with Crippen molar-refractivity contribution in [1.82, 2.24) is 0 Å². The van der Waals surface area contributed by atoms with Gasteiger partial charge < -0.3 is 25.5 Å². The van der Waals surface area contributed by atoms with Gasteiger partial charge in [0.2, 0.25) is 0 Å². The van der Waals surface area contributed by atoms with Gasteiger partial charge in [-0.15, -0.1) is 0 Å². The van der Waals surface area contributed by atoms with E-state index in [2.05, 4.69) is 33.8 Å². The molecule has 5 N–H and O–H groups in total. The van der Waals surface area contributed by atoms with Gasteiger partial charge in [-0.1, -0.05) is 46.3 Å². The van der Waals surface area contributed by atoms with Gasteiger partial charge >= 0.3 is 5.97 Å². The Bertz CT molecular complexity index is 974. The number of hydrogen-bond donors (Lipinski definition) is 5. The van der Waals surface area contributed by atoms with E-state index in [0.29, 0.717) is 19.3 Å². The van der Waals surface area contributed by atoms with Crippen LogP contribution >= 0.6 is 0 Å². The molecule has 0 aliphatic heterocycles. The maximum absolute atomic E-state index is 12.8. The molecule has 6 heteroatoms. The summed E-state index contributed by atoms with van der Waals surface area (Å²) in [5.74, 6) is -0.834. The Morgan fingerprint density at radius 1 is 1.00 bits per heavy atom. The molecular weight excluding hydrogens is 456 g/mol. The molecular formula is C30H48O6. The third kappa shape index (κ3) is 2.91. The van der Waals surface area contributed by atoms with Crippen LogP contribution in [0.5, 0.6) is 0 Å². The van der Waals surface area contributed by atoms with Gasteiger partial charge in [0.15, 0.2) is 0 Å². The van der Waals surface area contributed by atoms with Crippen LogP contribution < -0.4 is 0 Å². The first-order valence-corrected chi connectivity index (χ1v) is 14.2. The largest absolute Gasteiger partial charge is 0.481 e. The second-order valence-electron chi connectivity index (χ2n) is 14.7. The highest BCUT2D eigenvalue weighted by Gasteiger charge is 2.72. The Balaban J connectivity index is 1.65. The number of aliphatic hydroxyl groups excluding tert-OH is 3. The molecule has 5 aliphatic carbocycles. The zero-order valence-electron chi connectivity index (χ0n) is 23.0. The number of aliphatic carboxylic acids is 1. The summed E-state index contributed by atoms with van der Waals surface area (Å²) >= 11 is 0. The van der Waals surface area contributed by atoms with Crippen LogP contribution in [0.4, 0.5) is 0 Å². The number of fused-ring (bicyclic) bond motifs is 7. The van der Waals surface area contributed by atoms with Crippen LogP contribution in [-0.4, -0.2) is 55.9 Å². The predicted molar refractivity (Wildman–Crippen MR) is 137 cm³/mol. The summed E-state index contributed by atoms with van der Waals surface area (Å²) in [5.41, 5.74) is -2.28. The number of carboxylic acid groups (broad SMARTS) is 1. The average Bonchev–Trinajstić information content (AvgIpc) is 2.80. The van der Waals surface area contributed by atoms with Crippen LogP contribution in [0.15, 0.2) is 11.6 Å². The highest BCUT2D eigenvalue weighted by Crippen LogP contribution is 2.76. The molecule has 0 aromatic rings. The van der Waals surface area contributed by atoms with Crippen LogP contribution in [0.2, 0.25) is 0 Å². The molecule has 5 aliphatic rings. The van der Waals surface area contributed by atoms with Gasteiger partial charge in [0, 0.05) is 11.3 Å². The van der Waals surface area contributed by atoms with Crippen molar-refractivity contribution in [2.24, 2.45) is 50.7 Å². The van der Waals surface area contributed by atoms with Crippen molar-refractivity contribution < 1.29 is 30.3 Å². The Morgan fingerprint density at radius 2 is 1.67 bits per heavy atom. The Morgan fingerprint density at radius 3 is 2.28 bits per heavy atom. The summed E-state index contributed by atoms with van der Waals surface area (Å²) in [5, 5.41) is 54.8. The summed E-state index contributed by atoms with van der Waals surface area (Å²) < 4.78 is 0. The van der Waals surface area contributed by atoms with Crippen LogP contribution in [-0.2, 0) is 4.79 Å². The number of aliphatic hydroxyl groups is 4. The average molecular weight is 505 g/mol. The van der Waals surface area contributed by atoms with E-state index in [1.165, 1.54) is 0 Å². The summed E-state index contributed by atoms with van der Waals surface area (Å²) in [6, 6.07) is 0. The van der Waals surface area contributed by atoms with E-state index < -0.39 is 40.5 Å². The van der Waals surface area contributed by atoms with Gasteiger partial charge in [0.25, 0.3) is 0 Å². The number of allylic oxidation sites excluding steroid dienone is 1. The molecule has 0 aromatic heterocycles. The van der Waals surface area contributed by atoms with Crippen molar-refractivity contribution >= 4 is 5.97 Å². The molecule has 0 bridgehead atoms. The normalized spacial score (nSPS) is 58.6. The minimum Gasteiger partial charge on any atom is -0.481 e. The fourth-order valence-corrected chi connectivity index (χ4v) is 11.0. The van der Waals surface area contributed by atoms with Crippen molar-refractivity contribution in [2.75, 3.05) is 6.61 Å². The summed E-state index contributed by atoms with van der Waals surface area (Å²) in [4.78, 5) is 12.8. The molecule has 4 saturated carbocycles. The highest BCUT2D eigenvalue weighted by atomic mass is 16.4. The quantitative estimate of drug-likeness (QED) is 0.361. The molecule has 4 fully saturated rings. The van der Waals surface area contributed by atoms with Crippen LogP contribution in [0.25, 0.3) is 0 Å². The topological polar surface area (TPSA) is 118 Å². The lowest BCUT2D eigenvalue weighted by molar-refractivity contribution is -0.247. The van der Waals surface area contributed by atoms with E-state index in [1.807, 2.05) is 13.8 Å². The number of carbonyl (C=O) groups is 1. The second-order valence-corrected chi connectivity index (χ2v) is 14.7. The third-order valence-corrected chi connectivity index (χ3v) is 13.6. The third-order valence-electron chi connectivity index (χ3n) is 13.6. The van der Waals surface area contributed by atoms with Gasteiger partial charge in [-0.3, -0.25) is 4.79 Å². The summed E-state index contributed by atoms with van der Waals surface area (Å²) in [6.45, 7) is 12.6. The molecule has 0 unspecified atom stereocenters. The van der Waals surface area contributed by atoms with E-state index >= 15 is 0 Å². The van der Waals surface area contributed by atoms with E-state index in [9.17, 15) is 30.3 Å². The summed E-state index contributed by atoms with van der Waals surface area (Å²) in [6.07, 6.45) is 6.20. The zero-order valence-corrected chi connectivity index (χ0v) is 23.0. The first-order valence-electron chi connectivity index (χ1n) is 14.2. The summed E-state index contributed by atoms with van der Waals surface area (Å²) in [7, 11) is 0. The molecule has 6 nitrogen and oxygen atoms in total. The molecule has 0 aromatic carbocycles. The van der Waals surface area contributed by atoms with Crippen LogP contribution in [0.1, 0.15) is 92.9 Å². The predicted octanol–water partition coefficient (Wildman–Crippen LogP) is 4.15. The van der Waals surface area contributed by atoms with E-state index in [4.69, 9.17) is 0 Å². The van der Waals surface area contributed by atoms with Gasteiger partial charge in [-0.2, -0.15) is 0 Å². The molecule has 36 heavy (non-hydrogen) atoms. The smallest absolute Gasteiger partial charge is 0.310 e. The van der Waals surface area contributed by atoms with Gasteiger partial charge in [0.05, 0.1) is 29.8 Å². The lowest BCUT2D eigenvalue weighted by Crippen LogP contribution is -2.69. The number of carboxylic acids is 1. The molecule has 5 rings (SSSR count). The Labute approximate surface area is 216 Å². The van der Waals surface area contributed by atoms with Crippen molar-refractivity contribution in [3.8, 4) is 0 Å². The van der Waals surface area contributed by atoms with Crippen molar-refractivity contribution in [2.45, 2.75) is 111 Å². The highest BCUT2D eigenvalue weighted by molar-refractivity contribution is 5.77. The number of hydrogen-bond acceptors (Lipinski definition) is 5. The first kappa shape index (κ1) is 26.6. The van der Waals surface area contributed by atoms with Crippen molar-refractivity contribution in [3.63, 3.8) is 0 Å². The molecule has 204 valence electrons. The molecule has 0 heterocycles. The van der Waals surface area contributed by atoms with Gasteiger partial charge in [-0.05, 0) is 92.3 Å². The molecule has 0 amide bonds. The van der Waals surface area contributed by atoms with Crippen LogP contribution in [0.3, 0.4) is 0 Å². The fourth-order valence-electron chi connectivity index (χ4n) is 11.0. The van der Waals surface area contributed by atoms with Gasteiger partial charge in [-0.25, -0.2) is 0 Å². The lowest BCUT2D eigenvalue weighted by atomic mass is 9.33. The van der Waals surface area contributed by atoms with Crippen molar-refractivity contribution in [3.05, 3.63) is 11.6 Å². The minimum absolute atomic E-state index is 0.0252. The van der Waals surface area contributed by atoms with Gasteiger partial charge in [0.1, 0.15) is 0 Å². The lowest BCUT2D eigenvalue weighted by Gasteiger charge is -2.72. The molecule has 0 saturated heterocycles. The van der Waals surface area contributed by atoms with E-state index in [-0.39, 0.29) is 40.6 Å². The first-order chi connectivity index (χ1) is 16.6. The van der Waals surface area contributed by atoms with Crippen molar-refractivity contribution in [1.29, 1.82) is 0 Å². The molecule has 0 radical (unpaired) electrons. The second kappa shape index (κ2) is 7.80. The monoisotopic (exact) mass is 504 g/mol. The maximum atomic E-state index is 12.8. The Kier molecular flexibility index (Phi) is 5.77. The van der Waals surface area contributed by atoms with E-state index in [1.54, 1.807) is 0 Å². The van der Waals surface area contributed by atoms with Crippen LogP contribution in [0, 0.1) is 50.7 Å². The standard InChI is InChI=1S/C30H48O6/c1-17-9-12-30(24(34)35)14-13-27(4)18(22(30)29(17,6)36)7-8-21-25(2)15-19(32)23(33)26(3,16-31)20(25)10-11-28(21,27)5/h7,17,19-23,31-33,36H,8-16H2,1-6H3,(H,34,35)/t17-,19-,20-,21-,22+,23+,25+,26+,27-,28-,29-,30+/m1/s1. The minimum atomic E-state index is -1.09. The zero-order chi connectivity index (χ0) is 26.7. The molecule has 12 atom stereocenters. The van der Waals surface area contributed by atoms with E-state index in [0.717, 1.165) is 37.7 Å². The SMILES string of the molecule is C[C@@H]1CC[C@]2(C(=O)O)CC[C@]3(C)C(=CC[C@@H]4[C@@]5(C)C[C@@H](O)[C@H](O)[C@@](C)(CO)[C@@H]5CC[C@]43C)[C@H]2[C@]1(C)O. The fraction of sp³-hybridized carbons (Fsp3) is 0.900. The molecule has 0 spiro atoms. The Hall–Kier alpha value is -0.950.